The number of allylic oxidation sites excluding steroid dienone is 2. The smallest absolute Gasteiger partial charge is 0.309 e. The summed E-state index contributed by atoms with van der Waals surface area (Å²) in [6.45, 7) is 0.298. The lowest BCUT2D eigenvalue weighted by Crippen LogP contribution is -2.63. The molecule has 5 rings (SSSR count). The maximum absolute atomic E-state index is 13.9. The quantitative estimate of drug-likeness (QED) is 0.219. The van der Waals surface area contributed by atoms with Crippen molar-refractivity contribution in [3.63, 3.8) is 0 Å². The van der Waals surface area contributed by atoms with Crippen molar-refractivity contribution >= 4 is 40.4 Å². The van der Waals surface area contributed by atoms with E-state index in [4.69, 9.17) is 10.5 Å². The van der Waals surface area contributed by atoms with E-state index in [2.05, 4.69) is 46.3 Å². The molecule has 5 N–H and O–H groups in total. The molecule has 1 fully saturated rings. The molecule has 0 saturated heterocycles. The van der Waals surface area contributed by atoms with Gasteiger partial charge in [-0.15, -0.1) is 0 Å². The summed E-state index contributed by atoms with van der Waals surface area (Å²) in [6, 6.07) is 20.7. The van der Waals surface area contributed by atoms with Crippen LogP contribution in [-0.2, 0) is 41.6 Å². The number of amides is 4. The fourth-order valence-corrected chi connectivity index (χ4v) is 7.03. The number of nitrogens with two attached hydrogens (primary N) is 1. The molecule has 258 valence electrons. The predicted molar refractivity (Wildman–Crippen MR) is 187 cm³/mol. The number of rotatable bonds is 7. The molecule has 3 aromatic rings. The van der Waals surface area contributed by atoms with E-state index in [-0.39, 0.29) is 43.0 Å². The molecular formula is C39H46N4O6. The summed E-state index contributed by atoms with van der Waals surface area (Å²) in [7, 11) is 1.35. The molecule has 10 heteroatoms. The molecule has 3 aromatic carbocycles. The second kappa shape index (κ2) is 16.4. The number of hydrogen-bond donors (Lipinski definition) is 4. The largest absolute Gasteiger partial charge is 0.469 e. The summed E-state index contributed by atoms with van der Waals surface area (Å²) < 4.78 is 4.81. The highest BCUT2D eigenvalue weighted by Crippen LogP contribution is 2.31. The van der Waals surface area contributed by atoms with Gasteiger partial charge in [-0.1, -0.05) is 98.1 Å². The molecule has 0 unspecified atom stereocenters. The van der Waals surface area contributed by atoms with Crippen LogP contribution < -0.4 is 21.7 Å². The fraction of sp³-hybridized carbons (Fsp3) is 0.410. The van der Waals surface area contributed by atoms with Crippen molar-refractivity contribution in [3.05, 3.63) is 95.6 Å². The maximum atomic E-state index is 13.9. The number of esters is 1. The first kappa shape index (κ1) is 35.3. The van der Waals surface area contributed by atoms with Crippen molar-refractivity contribution in [1.29, 1.82) is 0 Å². The lowest BCUT2D eigenvalue weighted by Gasteiger charge is -2.38. The van der Waals surface area contributed by atoms with Gasteiger partial charge in [-0.3, -0.25) is 24.0 Å². The Hall–Kier alpha value is -4.99. The molecule has 1 aliphatic heterocycles. The van der Waals surface area contributed by atoms with Crippen LogP contribution in [0.5, 0.6) is 0 Å². The van der Waals surface area contributed by atoms with Gasteiger partial charge in [0, 0.05) is 18.9 Å². The predicted octanol–water partition coefficient (Wildman–Crippen LogP) is 4.14. The minimum absolute atomic E-state index is 0.0392. The van der Waals surface area contributed by atoms with Gasteiger partial charge in [-0.2, -0.15) is 0 Å². The van der Waals surface area contributed by atoms with E-state index >= 15 is 0 Å². The number of primary amides is 1. The number of carbonyl (C=O) groups excluding carboxylic acids is 5. The van der Waals surface area contributed by atoms with Crippen molar-refractivity contribution in [2.45, 2.75) is 81.7 Å². The molecule has 3 atom stereocenters. The topological polar surface area (TPSA) is 157 Å². The van der Waals surface area contributed by atoms with E-state index in [9.17, 15) is 24.0 Å². The maximum Gasteiger partial charge on any atom is 0.309 e. The van der Waals surface area contributed by atoms with Crippen LogP contribution in [0.15, 0.2) is 78.9 Å². The molecule has 1 heterocycles. The van der Waals surface area contributed by atoms with Gasteiger partial charge in [-0.25, -0.2) is 0 Å². The van der Waals surface area contributed by atoms with Crippen LogP contribution in [0.3, 0.4) is 0 Å². The number of benzene rings is 3. The molecule has 1 spiro atoms. The lowest BCUT2D eigenvalue weighted by atomic mass is 9.80. The number of ether oxygens (including phenoxy) is 1. The third-order valence-electron chi connectivity index (χ3n) is 9.73. The summed E-state index contributed by atoms with van der Waals surface area (Å²) in [5.41, 5.74) is 7.16. The van der Waals surface area contributed by atoms with Gasteiger partial charge >= 0.3 is 5.97 Å². The van der Waals surface area contributed by atoms with E-state index in [1.54, 1.807) is 0 Å². The van der Waals surface area contributed by atoms with Crippen LogP contribution in [0.4, 0.5) is 0 Å². The summed E-state index contributed by atoms with van der Waals surface area (Å²) in [5, 5.41) is 11.1. The summed E-state index contributed by atoms with van der Waals surface area (Å²) >= 11 is 0. The van der Waals surface area contributed by atoms with Crippen molar-refractivity contribution < 1.29 is 28.7 Å². The van der Waals surface area contributed by atoms with Gasteiger partial charge in [0.15, 0.2) is 0 Å². The Kier molecular flexibility index (Phi) is 11.8. The first-order valence-corrected chi connectivity index (χ1v) is 17.1. The average Bonchev–Trinajstić information content (AvgIpc) is 3.10. The number of nitrogens with one attached hydrogen (secondary N) is 3. The first-order chi connectivity index (χ1) is 23.7. The average molecular weight is 667 g/mol. The van der Waals surface area contributed by atoms with Crippen LogP contribution in [-0.4, -0.2) is 54.8 Å². The minimum atomic E-state index is -1.21. The zero-order chi connectivity index (χ0) is 34.8. The Morgan fingerprint density at radius 3 is 2.41 bits per heavy atom. The van der Waals surface area contributed by atoms with Gasteiger partial charge in [0.05, 0.1) is 20.0 Å². The van der Waals surface area contributed by atoms with Crippen LogP contribution in [0, 0.1) is 5.92 Å². The zero-order valence-electron chi connectivity index (χ0n) is 28.0. The number of carbonyl (C=O) groups is 5. The SMILES string of the molecule is COC(=O)Cc1ccc([C@H]2/C=C/C[C@@H](Cc3cccc4ccccc34)CNC(=O)[C@H](CC(N)=O)NC(=O)C3(CCCCC3)NC(=O)C2)cc1. The van der Waals surface area contributed by atoms with Gasteiger partial charge < -0.3 is 26.4 Å². The van der Waals surface area contributed by atoms with Crippen LogP contribution >= 0.6 is 0 Å². The lowest BCUT2D eigenvalue weighted by molar-refractivity contribution is -0.139. The van der Waals surface area contributed by atoms with Crippen molar-refractivity contribution in [3.8, 4) is 0 Å². The number of hydrogen-bond acceptors (Lipinski definition) is 6. The first-order valence-electron chi connectivity index (χ1n) is 17.1. The minimum Gasteiger partial charge on any atom is -0.469 e. The summed E-state index contributed by atoms with van der Waals surface area (Å²) in [5.74, 6) is -2.66. The third kappa shape index (κ3) is 9.34. The molecule has 1 aliphatic carbocycles. The highest BCUT2D eigenvalue weighted by Gasteiger charge is 2.42. The van der Waals surface area contributed by atoms with Crippen LogP contribution in [0.1, 0.15) is 74.0 Å². The molecule has 10 nitrogen and oxygen atoms in total. The molecule has 0 bridgehead atoms. The molecular weight excluding hydrogens is 620 g/mol. The zero-order valence-corrected chi connectivity index (χ0v) is 28.0. The van der Waals surface area contributed by atoms with Gasteiger partial charge in [0.25, 0.3) is 0 Å². The highest BCUT2D eigenvalue weighted by molar-refractivity contribution is 5.96. The van der Waals surface area contributed by atoms with E-state index < -0.39 is 29.3 Å². The van der Waals surface area contributed by atoms with Gasteiger partial charge in [0.1, 0.15) is 11.6 Å². The normalized spacial score (nSPS) is 22.6. The summed E-state index contributed by atoms with van der Waals surface area (Å²) in [4.78, 5) is 65.2. The van der Waals surface area contributed by atoms with E-state index in [1.807, 2.05) is 48.5 Å². The highest BCUT2D eigenvalue weighted by atomic mass is 16.5. The Balaban J connectivity index is 1.48. The third-order valence-corrected chi connectivity index (χ3v) is 9.73. The van der Waals surface area contributed by atoms with Gasteiger partial charge in [0.2, 0.25) is 23.6 Å². The van der Waals surface area contributed by atoms with Gasteiger partial charge in [-0.05, 0) is 59.1 Å². The summed E-state index contributed by atoms with van der Waals surface area (Å²) in [6.07, 6.45) is 8.47. The Labute approximate surface area is 287 Å². The van der Waals surface area contributed by atoms with E-state index in [1.165, 1.54) is 7.11 Å². The molecule has 4 amide bonds. The van der Waals surface area contributed by atoms with Crippen molar-refractivity contribution in [2.24, 2.45) is 11.7 Å². The molecule has 0 radical (unpaired) electrons. The molecule has 2 aliphatic rings. The molecule has 0 aromatic heterocycles. The number of methoxy groups -OCH3 is 1. The number of fused-ring (bicyclic) bond motifs is 1. The van der Waals surface area contributed by atoms with Crippen LogP contribution in [0.2, 0.25) is 0 Å². The van der Waals surface area contributed by atoms with Crippen molar-refractivity contribution in [2.75, 3.05) is 13.7 Å². The second-order valence-corrected chi connectivity index (χ2v) is 13.3. The Morgan fingerprint density at radius 2 is 1.67 bits per heavy atom. The molecule has 1 saturated carbocycles. The van der Waals surface area contributed by atoms with Crippen LogP contribution in [0.25, 0.3) is 10.8 Å². The Morgan fingerprint density at radius 1 is 0.939 bits per heavy atom. The fourth-order valence-electron chi connectivity index (χ4n) is 7.03. The second-order valence-electron chi connectivity index (χ2n) is 13.3. The molecule has 49 heavy (non-hydrogen) atoms. The van der Waals surface area contributed by atoms with E-state index in [0.29, 0.717) is 32.2 Å². The monoisotopic (exact) mass is 666 g/mol. The Bertz CT molecular complexity index is 1690. The van der Waals surface area contributed by atoms with Crippen molar-refractivity contribution in [1.82, 2.24) is 16.0 Å². The van der Waals surface area contributed by atoms with E-state index in [0.717, 1.165) is 46.7 Å². The standard InChI is InChI=1S/C39H46N4O6/c1-49-36(46)22-26-15-17-28(18-16-26)30-12-7-9-27(21-31-13-8-11-29-10-3-4-14-32(29)31)25-41-37(47)33(24-34(40)44)42-38(48)39(43-35(45)23-30)19-5-2-6-20-39/h3-4,7-8,10-18,27,30,33H,2,5-6,9,19-25H2,1H3,(H2,40,44)(H,41,47)(H,42,48)(H,43,45)/b12-7+/t27-,30-,33-/m0/s1.